The van der Waals surface area contributed by atoms with Crippen LogP contribution in [0.1, 0.15) is 12.5 Å². The zero-order chi connectivity index (χ0) is 19.5. The highest BCUT2D eigenvalue weighted by molar-refractivity contribution is 7.14. The van der Waals surface area contributed by atoms with E-state index >= 15 is 0 Å². The summed E-state index contributed by atoms with van der Waals surface area (Å²) in [5.41, 5.74) is 3.81. The Labute approximate surface area is 164 Å². The van der Waals surface area contributed by atoms with E-state index in [0.29, 0.717) is 27.7 Å². The minimum absolute atomic E-state index is 0.0946. The fourth-order valence-corrected chi connectivity index (χ4v) is 3.44. The summed E-state index contributed by atoms with van der Waals surface area (Å²) in [6, 6.07) is 13.0. The quantitative estimate of drug-likeness (QED) is 0.517. The average molecular weight is 395 g/mol. The molecule has 0 aliphatic heterocycles. The van der Waals surface area contributed by atoms with E-state index in [2.05, 4.69) is 22.2 Å². The van der Waals surface area contributed by atoms with Crippen LogP contribution in [0.4, 0.5) is 5.13 Å². The van der Waals surface area contributed by atoms with Gasteiger partial charge in [-0.25, -0.2) is 9.78 Å². The first-order chi connectivity index (χ1) is 13.6. The molecule has 0 unspecified atom stereocenters. The summed E-state index contributed by atoms with van der Waals surface area (Å²) in [6.07, 6.45) is 0.955. The highest BCUT2D eigenvalue weighted by Gasteiger charge is 2.10. The van der Waals surface area contributed by atoms with Gasteiger partial charge in [0, 0.05) is 10.9 Å². The molecule has 2 aromatic heterocycles. The molecule has 7 nitrogen and oxygen atoms in total. The molecule has 0 bridgehead atoms. The molecule has 142 valence electrons. The number of benzene rings is 2. The van der Waals surface area contributed by atoms with E-state index in [0.717, 1.165) is 12.0 Å². The minimum Gasteiger partial charge on any atom is -0.484 e. The summed E-state index contributed by atoms with van der Waals surface area (Å²) in [5.74, 6) is -0.132. The Morgan fingerprint density at radius 2 is 2.07 bits per heavy atom. The standard InChI is InChI=1S/C20H17N3O4S/c1-2-12-3-6-14(7-4-12)26-10-18(24)23-19-21-16(11-28-19)13-5-8-17-15(9-13)22-20(25)27-17/h3-9,11H,2,10H2,1H3,(H,22,25)(H,21,23,24). The van der Waals surface area contributed by atoms with Crippen LogP contribution in [-0.4, -0.2) is 22.5 Å². The third-order valence-corrected chi connectivity index (χ3v) is 4.92. The Balaban J connectivity index is 1.39. The van der Waals surface area contributed by atoms with Gasteiger partial charge in [0.15, 0.2) is 17.3 Å². The van der Waals surface area contributed by atoms with Gasteiger partial charge in [-0.2, -0.15) is 0 Å². The Morgan fingerprint density at radius 1 is 1.25 bits per heavy atom. The molecule has 1 amide bonds. The molecule has 2 heterocycles. The normalized spacial score (nSPS) is 10.9. The fraction of sp³-hybridized carbons (Fsp3) is 0.150. The number of amides is 1. The number of aryl methyl sites for hydroxylation is 1. The van der Waals surface area contributed by atoms with E-state index in [9.17, 15) is 9.59 Å². The van der Waals surface area contributed by atoms with Gasteiger partial charge in [-0.3, -0.25) is 15.1 Å². The summed E-state index contributed by atoms with van der Waals surface area (Å²) in [4.78, 5) is 30.4. The van der Waals surface area contributed by atoms with Crippen molar-refractivity contribution >= 4 is 33.5 Å². The maximum atomic E-state index is 12.1. The molecule has 8 heteroatoms. The second-order valence-electron chi connectivity index (χ2n) is 6.10. The highest BCUT2D eigenvalue weighted by Crippen LogP contribution is 2.27. The second kappa shape index (κ2) is 7.69. The molecule has 0 aliphatic rings. The molecule has 4 aromatic rings. The van der Waals surface area contributed by atoms with Gasteiger partial charge in [0.25, 0.3) is 5.91 Å². The number of H-pyrrole nitrogens is 1. The lowest BCUT2D eigenvalue weighted by atomic mass is 10.1. The predicted molar refractivity (Wildman–Crippen MR) is 108 cm³/mol. The number of nitrogens with zero attached hydrogens (tertiary/aromatic N) is 1. The molecule has 2 aromatic carbocycles. The van der Waals surface area contributed by atoms with Crippen LogP contribution in [-0.2, 0) is 11.2 Å². The van der Waals surface area contributed by atoms with Crippen LogP contribution in [0.5, 0.6) is 5.75 Å². The van der Waals surface area contributed by atoms with Gasteiger partial charge in [0.1, 0.15) is 5.75 Å². The van der Waals surface area contributed by atoms with Crippen molar-refractivity contribution in [3.05, 3.63) is 64.0 Å². The lowest BCUT2D eigenvalue weighted by molar-refractivity contribution is -0.118. The number of anilines is 1. The summed E-state index contributed by atoms with van der Waals surface area (Å²) in [5, 5.41) is 5.04. The summed E-state index contributed by atoms with van der Waals surface area (Å²) in [7, 11) is 0. The number of ether oxygens (including phenoxy) is 1. The lowest BCUT2D eigenvalue weighted by Gasteiger charge is -2.06. The van der Waals surface area contributed by atoms with Crippen molar-refractivity contribution in [2.45, 2.75) is 13.3 Å². The molecular weight excluding hydrogens is 378 g/mol. The average Bonchev–Trinajstić information content (AvgIpc) is 3.31. The number of carbonyl (C=O) groups excluding carboxylic acids is 1. The van der Waals surface area contributed by atoms with Crippen LogP contribution in [0.15, 0.2) is 57.1 Å². The Morgan fingerprint density at radius 3 is 2.86 bits per heavy atom. The summed E-state index contributed by atoms with van der Waals surface area (Å²) in [6.45, 7) is 1.99. The first kappa shape index (κ1) is 18.0. The second-order valence-corrected chi connectivity index (χ2v) is 6.96. The number of rotatable bonds is 6. The van der Waals surface area contributed by atoms with Crippen molar-refractivity contribution in [1.82, 2.24) is 9.97 Å². The zero-order valence-corrected chi connectivity index (χ0v) is 15.8. The SMILES string of the molecule is CCc1ccc(OCC(=O)Nc2nc(-c3ccc4oc(=O)[nH]c4c3)cs2)cc1. The summed E-state index contributed by atoms with van der Waals surface area (Å²) >= 11 is 1.32. The van der Waals surface area contributed by atoms with Crippen LogP contribution >= 0.6 is 11.3 Å². The highest BCUT2D eigenvalue weighted by atomic mass is 32.1. The van der Waals surface area contributed by atoms with Crippen LogP contribution in [0.2, 0.25) is 0 Å². The topological polar surface area (TPSA) is 97.2 Å². The Kier molecular flexibility index (Phi) is 4.94. The number of hydrogen-bond donors (Lipinski definition) is 2. The van der Waals surface area contributed by atoms with Crippen molar-refractivity contribution in [2.24, 2.45) is 0 Å². The van der Waals surface area contributed by atoms with Gasteiger partial charge in [-0.1, -0.05) is 19.1 Å². The summed E-state index contributed by atoms with van der Waals surface area (Å²) < 4.78 is 10.5. The Hall–Kier alpha value is -3.39. The molecule has 0 spiro atoms. The number of nitrogens with one attached hydrogen (secondary N) is 2. The van der Waals surface area contributed by atoms with Crippen molar-refractivity contribution in [2.75, 3.05) is 11.9 Å². The molecule has 0 saturated heterocycles. The predicted octanol–water partition coefficient (Wildman–Crippen LogP) is 3.82. The number of fused-ring (bicyclic) bond motifs is 1. The third kappa shape index (κ3) is 3.96. The third-order valence-electron chi connectivity index (χ3n) is 4.17. The molecule has 0 atom stereocenters. The van der Waals surface area contributed by atoms with E-state index in [1.54, 1.807) is 12.1 Å². The largest absolute Gasteiger partial charge is 0.484 e. The van der Waals surface area contributed by atoms with E-state index in [-0.39, 0.29) is 12.5 Å². The number of carbonyl (C=O) groups is 1. The maximum absolute atomic E-state index is 12.1. The van der Waals surface area contributed by atoms with Crippen molar-refractivity contribution < 1.29 is 13.9 Å². The molecule has 4 rings (SSSR count). The van der Waals surface area contributed by atoms with Crippen LogP contribution in [0, 0.1) is 0 Å². The first-order valence-electron chi connectivity index (χ1n) is 8.71. The molecule has 0 radical (unpaired) electrons. The minimum atomic E-state index is -0.497. The molecule has 28 heavy (non-hydrogen) atoms. The number of thiazole rings is 1. The van der Waals surface area contributed by atoms with Crippen molar-refractivity contribution in [1.29, 1.82) is 0 Å². The molecule has 2 N–H and O–H groups in total. The van der Waals surface area contributed by atoms with Gasteiger partial charge in [-0.05, 0) is 42.3 Å². The molecule has 0 fully saturated rings. The van der Waals surface area contributed by atoms with Gasteiger partial charge in [-0.15, -0.1) is 11.3 Å². The van der Waals surface area contributed by atoms with E-state index in [1.165, 1.54) is 16.9 Å². The van der Waals surface area contributed by atoms with Gasteiger partial charge in [0.2, 0.25) is 0 Å². The lowest BCUT2D eigenvalue weighted by Crippen LogP contribution is -2.20. The number of aromatic amines is 1. The van der Waals surface area contributed by atoms with Gasteiger partial charge >= 0.3 is 5.76 Å². The van der Waals surface area contributed by atoms with Crippen molar-refractivity contribution in [3.8, 4) is 17.0 Å². The van der Waals surface area contributed by atoms with Gasteiger partial charge < -0.3 is 9.15 Å². The number of oxazole rings is 1. The fourth-order valence-electron chi connectivity index (χ4n) is 2.70. The number of hydrogen-bond acceptors (Lipinski definition) is 6. The van der Waals surface area contributed by atoms with Crippen LogP contribution < -0.4 is 15.8 Å². The van der Waals surface area contributed by atoms with E-state index < -0.39 is 5.76 Å². The molecule has 0 aliphatic carbocycles. The Bertz CT molecular complexity index is 1170. The number of aromatic nitrogens is 2. The monoisotopic (exact) mass is 395 g/mol. The van der Waals surface area contributed by atoms with Crippen LogP contribution in [0.3, 0.4) is 0 Å². The smallest absolute Gasteiger partial charge is 0.417 e. The van der Waals surface area contributed by atoms with Crippen molar-refractivity contribution in [3.63, 3.8) is 0 Å². The zero-order valence-electron chi connectivity index (χ0n) is 15.0. The first-order valence-corrected chi connectivity index (χ1v) is 9.59. The van der Waals surface area contributed by atoms with Crippen LogP contribution in [0.25, 0.3) is 22.4 Å². The molecule has 0 saturated carbocycles. The van der Waals surface area contributed by atoms with E-state index in [4.69, 9.17) is 9.15 Å². The molecular formula is C20H17N3O4S. The van der Waals surface area contributed by atoms with Gasteiger partial charge in [0.05, 0.1) is 11.2 Å². The maximum Gasteiger partial charge on any atom is 0.417 e. The van der Waals surface area contributed by atoms with E-state index in [1.807, 2.05) is 35.7 Å².